The molecule has 2 aromatic rings. The molecule has 1 saturated heterocycles. The van der Waals surface area contributed by atoms with Crippen LogP contribution in [0.15, 0.2) is 42.5 Å². The summed E-state index contributed by atoms with van der Waals surface area (Å²) >= 11 is 0. The third kappa shape index (κ3) is 6.25. The number of piperidine rings is 1. The molecule has 8 nitrogen and oxygen atoms in total. The molecule has 198 valence electrons. The number of nitrogens with zero attached hydrogens (tertiary/aromatic N) is 3. The van der Waals surface area contributed by atoms with Gasteiger partial charge in [0.05, 0.1) is 24.8 Å². The van der Waals surface area contributed by atoms with Crippen LogP contribution < -0.4 is 9.47 Å². The monoisotopic (exact) mass is 507 g/mol. The number of aliphatic hydroxyl groups excluding tert-OH is 1. The zero-order chi connectivity index (χ0) is 25.8. The van der Waals surface area contributed by atoms with Gasteiger partial charge in [0.25, 0.3) is 5.91 Å². The van der Waals surface area contributed by atoms with Crippen molar-refractivity contribution in [1.82, 2.24) is 14.7 Å². The highest BCUT2D eigenvalue weighted by Crippen LogP contribution is 2.29. The van der Waals surface area contributed by atoms with E-state index in [1.807, 2.05) is 11.0 Å². The minimum atomic E-state index is -0.632. The summed E-state index contributed by atoms with van der Waals surface area (Å²) in [5, 5.41) is 10.8. The Morgan fingerprint density at radius 3 is 2.65 bits per heavy atom. The summed E-state index contributed by atoms with van der Waals surface area (Å²) in [5.41, 5.74) is 3.19. The van der Waals surface area contributed by atoms with E-state index in [9.17, 15) is 14.7 Å². The van der Waals surface area contributed by atoms with Gasteiger partial charge in [-0.1, -0.05) is 24.3 Å². The third-order valence-corrected chi connectivity index (χ3v) is 7.74. The van der Waals surface area contributed by atoms with E-state index in [-0.39, 0.29) is 18.4 Å². The first-order valence-electron chi connectivity index (χ1n) is 13.4. The van der Waals surface area contributed by atoms with Crippen LogP contribution in [0.2, 0.25) is 0 Å². The first kappa shape index (κ1) is 25.5. The molecule has 0 saturated carbocycles. The zero-order valence-electron chi connectivity index (χ0n) is 21.6. The number of β-amino-alcohol motifs (C(OH)–C–C–N with tert-alkyl or cyclic N) is 1. The first-order chi connectivity index (χ1) is 18.0. The van der Waals surface area contributed by atoms with E-state index < -0.39 is 6.10 Å². The lowest BCUT2D eigenvalue weighted by Crippen LogP contribution is -2.44. The summed E-state index contributed by atoms with van der Waals surface area (Å²) < 4.78 is 11.9. The number of carbonyl (C=O) groups excluding carboxylic acids is 2. The molecule has 3 aliphatic heterocycles. The third-order valence-electron chi connectivity index (χ3n) is 7.74. The van der Waals surface area contributed by atoms with Gasteiger partial charge in [0, 0.05) is 52.3 Å². The summed E-state index contributed by atoms with van der Waals surface area (Å²) in [5.74, 6) is 1.62. The van der Waals surface area contributed by atoms with E-state index in [1.54, 1.807) is 24.0 Å². The second-order valence-electron chi connectivity index (χ2n) is 10.4. The molecule has 2 aromatic carbocycles. The molecular formula is C29H37N3O5. The van der Waals surface area contributed by atoms with E-state index in [4.69, 9.17) is 9.47 Å². The summed E-state index contributed by atoms with van der Waals surface area (Å²) in [6.45, 7) is 7.09. The fourth-order valence-corrected chi connectivity index (χ4v) is 5.55. The number of rotatable bonds is 7. The molecule has 0 bridgehead atoms. The Hall–Kier alpha value is -3.10. The normalized spacial score (nSPS) is 19.5. The minimum Gasteiger partial charge on any atom is -0.493 e. The predicted molar refractivity (Wildman–Crippen MR) is 140 cm³/mol. The second-order valence-corrected chi connectivity index (χ2v) is 10.4. The molecule has 1 atom stereocenters. The van der Waals surface area contributed by atoms with Gasteiger partial charge >= 0.3 is 0 Å². The maximum Gasteiger partial charge on any atom is 0.257 e. The molecule has 1 unspecified atom stereocenters. The molecule has 0 aliphatic carbocycles. The van der Waals surface area contributed by atoms with Crippen molar-refractivity contribution in [3.05, 3.63) is 59.2 Å². The van der Waals surface area contributed by atoms with Gasteiger partial charge in [-0.15, -0.1) is 0 Å². The van der Waals surface area contributed by atoms with E-state index in [1.165, 1.54) is 11.1 Å². The van der Waals surface area contributed by atoms with Crippen molar-refractivity contribution in [1.29, 1.82) is 0 Å². The maximum atomic E-state index is 13.3. The lowest BCUT2D eigenvalue weighted by molar-refractivity contribution is -0.130. The maximum absolute atomic E-state index is 13.3. The van der Waals surface area contributed by atoms with Crippen molar-refractivity contribution in [3.63, 3.8) is 0 Å². The Morgan fingerprint density at radius 2 is 1.86 bits per heavy atom. The Balaban J connectivity index is 1.14. The molecule has 37 heavy (non-hydrogen) atoms. The SMILES string of the molecule is CC(=O)N1CCC(COc2ccc3c(c2)OCCN(CC(O)CN2CCc4ccccc4C2)C3=O)CC1. The van der Waals surface area contributed by atoms with Crippen molar-refractivity contribution < 1.29 is 24.2 Å². The molecule has 0 spiro atoms. The lowest BCUT2D eigenvalue weighted by Gasteiger charge is -2.32. The van der Waals surface area contributed by atoms with Crippen LogP contribution in [0.25, 0.3) is 0 Å². The fourth-order valence-electron chi connectivity index (χ4n) is 5.55. The summed E-state index contributed by atoms with van der Waals surface area (Å²) in [6.07, 6.45) is 2.21. The van der Waals surface area contributed by atoms with Crippen LogP contribution in [0.5, 0.6) is 11.5 Å². The Kier molecular flexibility index (Phi) is 7.96. The molecule has 3 aliphatic rings. The number of carbonyl (C=O) groups is 2. The van der Waals surface area contributed by atoms with E-state index in [0.29, 0.717) is 49.3 Å². The Morgan fingerprint density at radius 1 is 1.08 bits per heavy atom. The molecule has 0 aromatic heterocycles. The summed E-state index contributed by atoms with van der Waals surface area (Å²) in [6, 6.07) is 13.8. The number of hydrogen-bond donors (Lipinski definition) is 1. The molecule has 8 heteroatoms. The van der Waals surface area contributed by atoms with Gasteiger partial charge in [-0.05, 0) is 48.4 Å². The minimum absolute atomic E-state index is 0.126. The molecule has 0 radical (unpaired) electrons. The number of likely N-dealkylation sites (tertiary alicyclic amines) is 1. The zero-order valence-corrected chi connectivity index (χ0v) is 21.6. The number of amides is 2. The van der Waals surface area contributed by atoms with Crippen molar-refractivity contribution in [2.45, 2.75) is 38.8 Å². The molecular weight excluding hydrogens is 470 g/mol. The van der Waals surface area contributed by atoms with Crippen molar-refractivity contribution in [3.8, 4) is 11.5 Å². The first-order valence-corrected chi connectivity index (χ1v) is 13.4. The number of ether oxygens (including phenoxy) is 2. The van der Waals surface area contributed by atoms with Gasteiger partial charge in [0.2, 0.25) is 5.91 Å². The average Bonchev–Trinajstić information content (AvgIpc) is 3.05. The van der Waals surface area contributed by atoms with E-state index in [2.05, 4.69) is 29.2 Å². The fraction of sp³-hybridized carbons (Fsp3) is 0.517. The van der Waals surface area contributed by atoms with Crippen LogP contribution in [0.1, 0.15) is 41.3 Å². The highest BCUT2D eigenvalue weighted by atomic mass is 16.5. The number of benzene rings is 2. The molecule has 2 amide bonds. The van der Waals surface area contributed by atoms with E-state index >= 15 is 0 Å². The Bertz CT molecular complexity index is 1110. The van der Waals surface area contributed by atoms with Crippen LogP contribution in [0.3, 0.4) is 0 Å². The summed E-state index contributed by atoms with van der Waals surface area (Å²) in [4.78, 5) is 30.6. The number of fused-ring (bicyclic) bond motifs is 2. The topological polar surface area (TPSA) is 82.6 Å². The van der Waals surface area contributed by atoms with Gasteiger partial charge in [-0.3, -0.25) is 14.5 Å². The highest BCUT2D eigenvalue weighted by Gasteiger charge is 2.27. The van der Waals surface area contributed by atoms with Crippen molar-refractivity contribution in [2.24, 2.45) is 5.92 Å². The number of hydrogen-bond acceptors (Lipinski definition) is 6. The van der Waals surface area contributed by atoms with Crippen molar-refractivity contribution in [2.75, 3.05) is 52.5 Å². The molecule has 1 N–H and O–H groups in total. The smallest absolute Gasteiger partial charge is 0.257 e. The second kappa shape index (κ2) is 11.5. The van der Waals surface area contributed by atoms with Crippen LogP contribution in [-0.4, -0.2) is 90.2 Å². The standard InChI is InChI=1S/C29H37N3O5/c1-21(33)31-12-8-22(9-13-31)20-37-26-6-7-27-28(16-26)36-15-14-32(29(27)35)19-25(34)18-30-11-10-23-4-2-3-5-24(23)17-30/h2-7,16,22,25,34H,8-15,17-20H2,1H3. The van der Waals surface area contributed by atoms with Gasteiger partial charge < -0.3 is 24.4 Å². The van der Waals surface area contributed by atoms with Gasteiger partial charge in [-0.25, -0.2) is 0 Å². The van der Waals surface area contributed by atoms with Crippen molar-refractivity contribution >= 4 is 11.8 Å². The largest absolute Gasteiger partial charge is 0.493 e. The molecule has 1 fully saturated rings. The summed E-state index contributed by atoms with van der Waals surface area (Å²) in [7, 11) is 0. The van der Waals surface area contributed by atoms with Gasteiger partial charge in [-0.2, -0.15) is 0 Å². The van der Waals surface area contributed by atoms with Gasteiger partial charge in [0.1, 0.15) is 18.1 Å². The van der Waals surface area contributed by atoms with Crippen LogP contribution >= 0.6 is 0 Å². The van der Waals surface area contributed by atoms with Gasteiger partial charge in [0.15, 0.2) is 0 Å². The predicted octanol–water partition coefficient (Wildman–Crippen LogP) is 2.58. The molecule has 5 rings (SSSR count). The highest BCUT2D eigenvalue weighted by molar-refractivity contribution is 5.97. The van der Waals surface area contributed by atoms with Crippen LogP contribution in [-0.2, 0) is 17.8 Å². The Labute approximate surface area is 218 Å². The number of aliphatic hydroxyl groups is 1. The molecule has 3 heterocycles. The van der Waals surface area contributed by atoms with E-state index in [0.717, 1.165) is 45.4 Å². The van der Waals surface area contributed by atoms with Crippen LogP contribution in [0, 0.1) is 5.92 Å². The quantitative estimate of drug-likeness (QED) is 0.621. The lowest BCUT2D eigenvalue weighted by atomic mass is 9.98. The van der Waals surface area contributed by atoms with Crippen LogP contribution in [0.4, 0.5) is 0 Å². The average molecular weight is 508 g/mol.